The summed E-state index contributed by atoms with van der Waals surface area (Å²) in [5.74, 6) is 0.572. The molecule has 0 aliphatic carbocycles. The highest BCUT2D eigenvalue weighted by molar-refractivity contribution is 6.17. The summed E-state index contributed by atoms with van der Waals surface area (Å²) in [4.78, 5) is 0. The Labute approximate surface area is 94.0 Å². The first-order chi connectivity index (χ1) is 7.33. The van der Waals surface area contributed by atoms with Gasteiger partial charge >= 0.3 is 0 Å². The Morgan fingerprint density at radius 3 is 2.33 bits per heavy atom. The number of phenolic OH excluding ortho intramolecular Hbond substituents is 1. The van der Waals surface area contributed by atoms with Gasteiger partial charge < -0.3 is 5.11 Å². The highest BCUT2D eigenvalue weighted by atomic mass is 35.5. The van der Waals surface area contributed by atoms with E-state index in [1.165, 1.54) is 0 Å². The van der Waals surface area contributed by atoms with Crippen LogP contribution in [0.2, 0.25) is 0 Å². The van der Waals surface area contributed by atoms with Gasteiger partial charge in [-0.2, -0.15) is 0 Å². The molecule has 0 aromatic heterocycles. The SMILES string of the molecule is Oc1cccc(-c2ccccc2)c1CCl. The lowest BCUT2D eigenvalue weighted by Crippen LogP contribution is -1.86. The molecule has 0 radical (unpaired) electrons. The fourth-order valence-corrected chi connectivity index (χ4v) is 1.88. The van der Waals surface area contributed by atoms with Crippen LogP contribution in [0.5, 0.6) is 5.75 Å². The number of aromatic hydroxyl groups is 1. The van der Waals surface area contributed by atoms with Gasteiger partial charge in [-0.15, -0.1) is 11.6 Å². The summed E-state index contributed by atoms with van der Waals surface area (Å²) in [5.41, 5.74) is 2.85. The Morgan fingerprint density at radius 2 is 1.67 bits per heavy atom. The number of alkyl halides is 1. The van der Waals surface area contributed by atoms with Crippen LogP contribution in [0, 0.1) is 0 Å². The molecule has 0 saturated carbocycles. The molecule has 0 atom stereocenters. The predicted octanol–water partition coefficient (Wildman–Crippen LogP) is 3.80. The van der Waals surface area contributed by atoms with Crippen molar-refractivity contribution in [2.75, 3.05) is 0 Å². The second-order valence-corrected chi connectivity index (χ2v) is 3.57. The van der Waals surface area contributed by atoms with Gasteiger partial charge in [-0.05, 0) is 17.2 Å². The summed E-state index contributed by atoms with van der Waals surface area (Å²) >= 11 is 5.83. The molecule has 1 nitrogen and oxygen atoms in total. The fourth-order valence-electron chi connectivity index (χ4n) is 1.60. The first-order valence-electron chi connectivity index (χ1n) is 4.75. The van der Waals surface area contributed by atoms with Gasteiger partial charge in [0.25, 0.3) is 0 Å². The van der Waals surface area contributed by atoms with E-state index >= 15 is 0 Å². The highest BCUT2D eigenvalue weighted by Crippen LogP contribution is 2.30. The molecule has 0 unspecified atom stereocenters. The van der Waals surface area contributed by atoms with Gasteiger partial charge in [-0.25, -0.2) is 0 Å². The lowest BCUT2D eigenvalue weighted by Gasteiger charge is -2.08. The number of rotatable bonds is 2. The summed E-state index contributed by atoms with van der Waals surface area (Å²) in [5, 5.41) is 9.67. The second kappa shape index (κ2) is 4.37. The van der Waals surface area contributed by atoms with Crippen LogP contribution in [0.25, 0.3) is 11.1 Å². The van der Waals surface area contributed by atoms with Crippen molar-refractivity contribution in [1.29, 1.82) is 0 Å². The van der Waals surface area contributed by atoms with Crippen molar-refractivity contribution in [2.24, 2.45) is 0 Å². The van der Waals surface area contributed by atoms with Crippen LogP contribution in [-0.4, -0.2) is 5.11 Å². The predicted molar refractivity (Wildman–Crippen MR) is 63.1 cm³/mol. The van der Waals surface area contributed by atoms with E-state index in [-0.39, 0.29) is 5.75 Å². The Kier molecular flexibility index (Phi) is 2.93. The molecule has 2 aromatic rings. The summed E-state index contributed by atoms with van der Waals surface area (Å²) < 4.78 is 0. The summed E-state index contributed by atoms with van der Waals surface area (Å²) in [7, 11) is 0. The average molecular weight is 219 g/mol. The lowest BCUT2D eigenvalue weighted by atomic mass is 10.00. The van der Waals surface area contributed by atoms with Gasteiger partial charge in [0.1, 0.15) is 5.75 Å². The molecule has 0 bridgehead atoms. The molecule has 0 fully saturated rings. The zero-order valence-corrected chi connectivity index (χ0v) is 8.91. The lowest BCUT2D eigenvalue weighted by molar-refractivity contribution is 0.471. The molecule has 0 aliphatic rings. The minimum absolute atomic E-state index is 0.256. The van der Waals surface area contributed by atoms with E-state index in [4.69, 9.17) is 11.6 Å². The molecule has 15 heavy (non-hydrogen) atoms. The van der Waals surface area contributed by atoms with Crippen LogP contribution >= 0.6 is 11.6 Å². The highest BCUT2D eigenvalue weighted by Gasteiger charge is 2.07. The van der Waals surface area contributed by atoms with E-state index < -0.39 is 0 Å². The van der Waals surface area contributed by atoms with Crippen molar-refractivity contribution in [1.82, 2.24) is 0 Å². The molecular weight excluding hydrogens is 208 g/mol. The Balaban J connectivity index is 2.58. The molecule has 0 spiro atoms. The smallest absolute Gasteiger partial charge is 0.120 e. The van der Waals surface area contributed by atoms with Crippen LogP contribution in [0.4, 0.5) is 0 Å². The van der Waals surface area contributed by atoms with Gasteiger partial charge in [0.2, 0.25) is 0 Å². The average Bonchev–Trinajstić information content (AvgIpc) is 2.30. The third-order valence-corrected chi connectivity index (χ3v) is 2.64. The van der Waals surface area contributed by atoms with Gasteiger partial charge in [0.05, 0.1) is 5.88 Å². The van der Waals surface area contributed by atoms with Gasteiger partial charge in [0, 0.05) is 5.56 Å². The van der Waals surface area contributed by atoms with Gasteiger partial charge in [-0.1, -0.05) is 42.5 Å². The summed E-state index contributed by atoms with van der Waals surface area (Å²) in [6.45, 7) is 0. The quantitative estimate of drug-likeness (QED) is 0.761. The van der Waals surface area contributed by atoms with Gasteiger partial charge in [0.15, 0.2) is 0 Å². The van der Waals surface area contributed by atoms with Crippen LogP contribution in [0.1, 0.15) is 5.56 Å². The van der Waals surface area contributed by atoms with Crippen LogP contribution in [0.3, 0.4) is 0 Å². The first kappa shape index (κ1) is 10.1. The van der Waals surface area contributed by atoms with E-state index in [1.807, 2.05) is 42.5 Å². The van der Waals surface area contributed by atoms with Crippen LogP contribution < -0.4 is 0 Å². The number of phenols is 1. The Hall–Kier alpha value is -1.47. The van der Waals surface area contributed by atoms with Crippen molar-refractivity contribution in [3.05, 3.63) is 54.1 Å². The third-order valence-electron chi connectivity index (χ3n) is 2.37. The molecule has 0 amide bonds. The molecule has 0 saturated heterocycles. The van der Waals surface area contributed by atoms with E-state index in [9.17, 15) is 5.11 Å². The molecule has 1 N–H and O–H groups in total. The molecule has 76 valence electrons. The zero-order chi connectivity index (χ0) is 10.7. The van der Waals surface area contributed by atoms with E-state index in [2.05, 4.69) is 0 Å². The molecule has 0 aliphatic heterocycles. The third kappa shape index (κ3) is 1.97. The molecule has 2 rings (SSSR count). The largest absolute Gasteiger partial charge is 0.508 e. The molecular formula is C13H11ClO. The summed E-state index contributed by atoms with van der Waals surface area (Å²) in [6.07, 6.45) is 0. The standard InChI is InChI=1S/C13H11ClO/c14-9-12-11(7-4-8-13(12)15)10-5-2-1-3-6-10/h1-8,15H,9H2. The monoisotopic (exact) mass is 218 g/mol. The normalized spacial score (nSPS) is 10.2. The maximum Gasteiger partial charge on any atom is 0.120 e. The maximum absolute atomic E-state index is 9.67. The van der Waals surface area contributed by atoms with Crippen molar-refractivity contribution >= 4 is 11.6 Å². The van der Waals surface area contributed by atoms with Crippen LogP contribution in [0.15, 0.2) is 48.5 Å². The van der Waals surface area contributed by atoms with Crippen molar-refractivity contribution < 1.29 is 5.11 Å². The zero-order valence-electron chi connectivity index (χ0n) is 8.15. The Bertz CT molecular complexity index is 451. The van der Waals surface area contributed by atoms with Crippen molar-refractivity contribution in [2.45, 2.75) is 5.88 Å². The van der Waals surface area contributed by atoms with Crippen molar-refractivity contribution in [3.63, 3.8) is 0 Å². The minimum atomic E-state index is 0.256. The van der Waals surface area contributed by atoms with Crippen LogP contribution in [-0.2, 0) is 5.88 Å². The number of halogens is 1. The minimum Gasteiger partial charge on any atom is -0.508 e. The van der Waals surface area contributed by atoms with Gasteiger partial charge in [-0.3, -0.25) is 0 Å². The summed E-state index contributed by atoms with van der Waals surface area (Å²) in [6, 6.07) is 15.4. The van der Waals surface area contributed by atoms with E-state index in [0.29, 0.717) is 5.88 Å². The number of hydrogen-bond donors (Lipinski definition) is 1. The van der Waals surface area contributed by atoms with Crippen molar-refractivity contribution in [3.8, 4) is 16.9 Å². The second-order valence-electron chi connectivity index (χ2n) is 3.30. The molecule has 0 heterocycles. The molecule has 2 heteroatoms. The Morgan fingerprint density at radius 1 is 0.933 bits per heavy atom. The number of hydrogen-bond acceptors (Lipinski definition) is 1. The molecule has 2 aromatic carbocycles. The maximum atomic E-state index is 9.67. The topological polar surface area (TPSA) is 20.2 Å². The first-order valence-corrected chi connectivity index (χ1v) is 5.28. The van der Waals surface area contributed by atoms with E-state index in [1.54, 1.807) is 6.07 Å². The number of benzene rings is 2. The van der Waals surface area contributed by atoms with E-state index in [0.717, 1.165) is 16.7 Å². The fraction of sp³-hybridized carbons (Fsp3) is 0.0769.